The van der Waals surface area contributed by atoms with Gasteiger partial charge in [0.1, 0.15) is 11.6 Å². The first kappa shape index (κ1) is 23.5. The molecule has 1 amide bonds. The normalized spacial score (nSPS) is 15.5. The number of benzene rings is 1. The molecule has 3 rings (SSSR count). The quantitative estimate of drug-likeness (QED) is 0.316. The Morgan fingerprint density at radius 2 is 1.97 bits per heavy atom. The number of hydrogen-bond donors (Lipinski definition) is 1. The van der Waals surface area contributed by atoms with Crippen molar-refractivity contribution in [1.29, 1.82) is 0 Å². The highest BCUT2D eigenvalue weighted by molar-refractivity contribution is 6.32. The molecule has 1 aliphatic carbocycles. The van der Waals surface area contributed by atoms with Gasteiger partial charge in [-0.05, 0) is 81.3 Å². The SMILES string of the molecule is C=N/C(OC)=C(C)\C=C(/C)c1nc(NC(=O)C2(c3ccc(OC)c(Cl)c3)CC2)ccc1C. The van der Waals surface area contributed by atoms with Crippen LogP contribution in [-0.4, -0.2) is 31.8 Å². The predicted molar refractivity (Wildman–Crippen MR) is 129 cm³/mol. The zero-order valence-electron chi connectivity index (χ0n) is 19.1. The molecule has 6 nitrogen and oxygen atoms in total. The van der Waals surface area contributed by atoms with E-state index in [0.29, 0.717) is 22.5 Å². The summed E-state index contributed by atoms with van der Waals surface area (Å²) in [6.07, 6.45) is 3.46. The van der Waals surface area contributed by atoms with Gasteiger partial charge in [-0.3, -0.25) is 4.79 Å². The number of amides is 1. The zero-order chi connectivity index (χ0) is 23.5. The number of methoxy groups -OCH3 is 2. The number of ether oxygens (including phenoxy) is 2. The summed E-state index contributed by atoms with van der Waals surface area (Å²) in [5.74, 6) is 1.47. The molecule has 1 heterocycles. The molecular formula is C25H28ClN3O3. The van der Waals surface area contributed by atoms with Crippen molar-refractivity contribution in [2.24, 2.45) is 4.99 Å². The average Bonchev–Trinajstić information content (AvgIpc) is 3.58. The fourth-order valence-electron chi connectivity index (χ4n) is 3.77. The monoisotopic (exact) mass is 453 g/mol. The third-order valence-electron chi connectivity index (χ3n) is 5.71. The molecule has 0 spiro atoms. The minimum atomic E-state index is -0.587. The number of aliphatic imine (C=N–C) groups is 1. The van der Waals surface area contributed by atoms with Gasteiger partial charge in [0.15, 0.2) is 0 Å². The van der Waals surface area contributed by atoms with Gasteiger partial charge in [0, 0.05) is 5.57 Å². The topological polar surface area (TPSA) is 72.8 Å². The van der Waals surface area contributed by atoms with Gasteiger partial charge in [0.05, 0.1) is 30.4 Å². The smallest absolute Gasteiger partial charge is 0.236 e. The molecule has 2 aromatic rings. The second kappa shape index (κ2) is 9.57. The van der Waals surface area contributed by atoms with E-state index in [0.717, 1.165) is 40.8 Å². The van der Waals surface area contributed by atoms with Crippen LogP contribution >= 0.6 is 11.6 Å². The summed E-state index contributed by atoms with van der Waals surface area (Å²) in [4.78, 5) is 21.8. The van der Waals surface area contributed by atoms with Crippen LogP contribution in [0.1, 0.15) is 43.5 Å². The van der Waals surface area contributed by atoms with E-state index in [1.807, 2.05) is 51.1 Å². The van der Waals surface area contributed by atoms with Gasteiger partial charge in [-0.1, -0.05) is 23.7 Å². The second-order valence-electron chi connectivity index (χ2n) is 7.93. The number of anilines is 1. The lowest BCUT2D eigenvalue weighted by molar-refractivity contribution is -0.118. The maximum absolute atomic E-state index is 13.2. The van der Waals surface area contributed by atoms with Crippen LogP contribution in [0.3, 0.4) is 0 Å². The van der Waals surface area contributed by atoms with Crippen molar-refractivity contribution >= 4 is 35.6 Å². The Morgan fingerprint density at radius 1 is 1.25 bits per heavy atom. The van der Waals surface area contributed by atoms with E-state index in [2.05, 4.69) is 17.0 Å². The maximum Gasteiger partial charge on any atom is 0.236 e. The molecule has 0 aliphatic heterocycles. The standard InChI is InChI=1S/C25H28ClN3O3/c1-15-7-10-21(28-22(15)16(2)13-17(3)23(27-4)32-6)29-24(30)25(11-12-25)18-8-9-20(31-5)19(26)14-18/h7-10,13-14H,4,11-12H2,1-3,5-6H3,(H,28,29,30)/b16-13+,23-17+. The number of carbonyl (C=O) groups is 1. The molecule has 32 heavy (non-hydrogen) atoms. The number of aryl methyl sites for hydroxylation is 1. The first-order valence-corrected chi connectivity index (χ1v) is 10.7. The minimum Gasteiger partial charge on any atom is -0.495 e. The molecule has 1 aromatic carbocycles. The highest BCUT2D eigenvalue weighted by Crippen LogP contribution is 2.50. The van der Waals surface area contributed by atoms with Gasteiger partial charge in [-0.25, -0.2) is 9.98 Å². The number of aromatic nitrogens is 1. The predicted octanol–water partition coefficient (Wildman–Crippen LogP) is 5.70. The fourth-order valence-corrected chi connectivity index (χ4v) is 4.03. The summed E-state index contributed by atoms with van der Waals surface area (Å²) >= 11 is 6.29. The van der Waals surface area contributed by atoms with Crippen LogP contribution in [0.25, 0.3) is 5.57 Å². The van der Waals surface area contributed by atoms with Gasteiger partial charge in [0.25, 0.3) is 0 Å². The highest BCUT2D eigenvalue weighted by atomic mass is 35.5. The van der Waals surface area contributed by atoms with Gasteiger partial charge in [-0.2, -0.15) is 0 Å². The lowest BCUT2D eigenvalue weighted by atomic mass is 9.95. The molecule has 1 saturated carbocycles. The van der Waals surface area contributed by atoms with E-state index in [9.17, 15) is 4.79 Å². The van der Waals surface area contributed by atoms with Crippen LogP contribution in [0.5, 0.6) is 5.75 Å². The molecule has 0 saturated heterocycles. The molecule has 0 unspecified atom stereocenters. The van der Waals surface area contributed by atoms with Gasteiger partial charge in [0.2, 0.25) is 11.8 Å². The van der Waals surface area contributed by atoms with Crippen molar-refractivity contribution in [2.75, 3.05) is 19.5 Å². The first-order valence-electron chi connectivity index (χ1n) is 10.3. The van der Waals surface area contributed by atoms with Crippen molar-refractivity contribution in [2.45, 2.75) is 39.0 Å². The summed E-state index contributed by atoms with van der Waals surface area (Å²) < 4.78 is 10.4. The van der Waals surface area contributed by atoms with Crippen molar-refractivity contribution in [3.8, 4) is 5.75 Å². The Morgan fingerprint density at radius 3 is 2.53 bits per heavy atom. The maximum atomic E-state index is 13.2. The number of halogens is 1. The van der Waals surface area contributed by atoms with E-state index >= 15 is 0 Å². The lowest BCUT2D eigenvalue weighted by Crippen LogP contribution is -2.28. The summed E-state index contributed by atoms with van der Waals surface area (Å²) in [5.41, 5.74) is 3.85. The second-order valence-corrected chi connectivity index (χ2v) is 8.33. The van der Waals surface area contributed by atoms with E-state index in [1.165, 1.54) is 0 Å². The molecule has 1 aromatic heterocycles. The van der Waals surface area contributed by atoms with Crippen molar-refractivity contribution in [3.63, 3.8) is 0 Å². The van der Waals surface area contributed by atoms with Gasteiger partial charge in [-0.15, -0.1) is 0 Å². The van der Waals surface area contributed by atoms with Crippen LogP contribution in [0.15, 0.2) is 52.9 Å². The number of nitrogens with one attached hydrogen (secondary N) is 1. The molecule has 1 aliphatic rings. The Hall–Kier alpha value is -3.12. The number of allylic oxidation sites excluding steroid dienone is 3. The number of nitrogens with zero attached hydrogens (tertiary/aromatic N) is 2. The summed E-state index contributed by atoms with van der Waals surface area (Å²) in [7, 11) is 3.12. The molecular weight excluding hydrogens is 426 g/mol. The Kier molecular flexibility index (Phi) is 7.04. The number of rotatable bonds is 8. The zero-order valence-corrected chi connectivity index (χ0v) is 19.8. The summed E-state index contributed by atoms with van der Waals surface area (Å²) in [6, 6.07) is 9.26. The van der Waals surface area contributed by atoms with Crippen LogP contribution in [0, 0.1) is 6.92 Å². The fraction of sp³-hybridized carbons (Fsp3) is 0.320. The molecule has 168 valence electrons. The van der Waals surface area contributed by atoms with Gasteiger partial charge >= 0.3 is 0 Å². The molecule has 1 N–H and O–H groups in total. The Labute approximate surface area is 194 Å². The number of pyridine rings is 1. The van der Waals surface area contributed by atoms with Crippen LogP contribution in [-0.2, 0) is 14.9 Å². The third kappa shape index (κ3) is 4.70. The van der Waals surface area contributed by atoms with Gasteiger partial charge < -0.3 is 14.8 Å². The molecule has 0 atom stereocenters. The molecule has 0 radical (unpaired) electrons. The first-order chi connectivity index (χ1) is 15.2. The van der Waals surface area contributed by atoms with Crippen molar-refractivity contribution < 1.29 is 14.3 Å². The van der Waals surface area contributed by atoms with Crippen LogP contribution in [0.4, 0.5) is 5.82 Å². The van der Waals surface area contributed by atoms with Crippen molar-refractivity contribution in [1.82, 2.24) is 4.98 Å². The Balaban J connectivity index is 1.86. The van der Waals surface area contributed by atoms with Crippen LogP contribution in [0.2, 0.25) is 5.02 Å². The summed E-state index contributed by atoms with van der Waals surface area (Å²) in [5, 5.41) is 3.49. The Bertz CT molecular complexity index is 1120. The number of carbonyl (C=O) groups excluding carboxylic acids is 1. The summed E-state index contributed by atoms with van der Waals surface area (Å²) in [6.45, 7) is 9.37. The lowest BCUT2D eigenvalue weighted by Gasteiger charge is -2.17. The number of hydrogen-bond acceptors (Lipinski definition) is 5. The molecule has 7 heteroatoms. The van der Waals surface area contributed by atoms with Crippen LogP contribution < -0.4 is 10.1 Å². The van der Waals surface area contributed by atoms with E-state index in [1.54, 1.807) is 20.3 Å². The molecule has 1 fully saturated rings. The largest absolute Gasteiger partial charge is 0.495 e. The van der Waals surface area contributed by atoms with E-state index in [4.69, 9.17) is 26.1 Å². The average molecular weight is 454 g/mol. The van der Waals surface area contributed by atoms with Crippen molar-refractivity contribution in [3.05, 3.63) is 69.7 Å². The molecule has 0 bridgehead atoms. The third-order valence-corrected chi connectivity index (χ3v) is 6.00. The minimum absolute atomic E-state index is 0.0868. The van der Waals surface area contributed by atoms with E-state index < -0.39 is 5.41 Å². The van der Waals surface area contributed by atoms with E-state index in [-0.39, 0.29) is 5.91 Å². The highest BCUT2D eigenvalue weighted by Gasteiger charge is 2.51.